The Hall–Kier alpha value is -1.55. The molecule has 0 amide bonds. The van der Waals surface area contributed by atoms with Gasteiger partial charge in [-0.05, 0) is 44.1 Å². The van der Waals surface area contributed by atoms with Crippen molar-refractivity contribution in [2.75, 3.05) is 33.4 Å². The van der Waals surface area contributed by atoms with E-state index in [1.807, 2.05) is 6.07 Å². The van der Waals surface area contributed by atoms with E-state index in [0.717, 1.165) is 25.9 Å². The molecule has 104 valence electrons. The monoisotopic (exact) mass is 263 g/mol. The number of carbonyl (C=O) groups excluding carboxylic acids is 1. The molecule has 4 heteroatoms. The van der Waals surface area contributed by atoms with Crippen molar-refractivity contribution in [1.29, 1.82) is 0 Å². The van der Waals surface area contributed by atoms with Crippen LogP contribution in [0.25, 0.3) is 0 Å². The third-order valence-corrected chi connectivity index (χ3v) is 3.46. The van der Waals surface area contributed by atoms with Crippen molar-refractivity contribution in [2.24, 2.45) is 0 Å². The van der Waals surface area contributed by atoms with Gasteiger partial charge in [-0.25, -0.2) is 0 Å². The van der Waals surface area contributed by atoms with Crippen molar-refractivity contribution < 1.29 is 14.3 Å². The number of benzene rings is 1. The van der Waals surface area contributed by atoms with Gasteiger partial charge in [-0.15, -0.1) is 0 Å². The van der Waals surface area contributed by atoms with Gasteiger partial charge in [0.05, 0.1) is 12.7 Å². The third kappa shape index (κ3) is 3.96. The first kappa shape index (κ1) is 13.9. The fourth-order valence-electron chi connectivity index (χ4n) is 2.34. The van der Waals surface area contributed by atoms with Gasteiger partial charge in [-0.3, -0.25) is 9.69 Å². The summed E-state index contributed by atoms with van der Waals surface area (Å²) in [5.74, 6) is 1.30. The summed E-state index contributed by atoms with van der Waals surface area (Å²) in [6.07, 6.45) is 4.70. The Morgan fingerprint density at radius 3 is 2.74 bits per heavy atom. The predicted molar refractivity (Wildman–Crippen MR) is 74.2 cm³/mol. The second kappa shape index (κ2) is 7.14. The molecule has 0 bridgehead atoms. The van der Waals surface area contributed by atoms with Crippen LogP contribution in [-0.4, -0.2) is 44.5 Å². The van der Waals surface area contributed by atoms with E-state index in [-0.39, 0.29) is 0 Å². The van der Waals surface area contributed by atoms with Crippen LogP contribution in [0.4, 0.5) is 0 Å². The molecule has 0 radical (unpaired) electrons. The van der Waals surface area contributed by atoms with Crippen LogP contribution < -0.4 is 9.47 Å². The lowest BCUT2D eigenvalue weighted by molar-refractivity contribution is 0.111. The second-order valence-electron chi connectivity index (χ2n) is 4.77. The Morgan fingerprint density at radius 2 is 2.05 bits per heavy atom. The van der Waals surface area contributed by atoms with Crippen LogP contribution in [0.2, 0.25) is 0 Å². The summed E-state index contributed by atoms with van der Waals surface area (Å²) in [5, 5.41) is 0. The summed E-state index contributed by atoms with van der Waals surface area (Å²) in [6, 6.07) is 5.30. The number of piperidine rings is 1. The maximum absolute atomic E-state index is 11.0. The molecule has 1 aromatic rings. The summed E-state index contributed by atoms with van der Waals surface area (Å²) in [6.45, 7) is 3.86. The third-order valence-electron chi connectivity index (χ3n) is 3.46. The first-order valence-corrected chi connectivity index (χ1v) is 6.82. The molecule has 0 N–H and O–H groups in total. The van der Waals surface area contributed by atoms with Crippen molar-refractivity contribution in [1.82, 2.24) is 4.90 Å². The molecule has 4 nitrogen and oxygen atoms in total. The van der Waals surface area contributed by atoms with Crippen molar-refractivity contribution in [3.8, 4) is 11.5 Å². The first-order chi connectivity index (χ1) is 9.33. The molecular formula is C15H21NO3. The Bertz CT molecular complexity index is 414. The Kier molecular flexibility index (Phi) is 5.21. The lowest BCUT2D eigenvalue weighted by Crippen LogP contribution is -2.33. The van der Waals surface area contributed by atoms with Gasteiger partial charge in [0, 0.05) is 6.54 Å². The van der Waals surface area contributed by atoms with Crippen LogP contribution in [0.3, 0.4) is 0 Å². The molecule has 2 rings (SSSR count). The van der Waals surface area contributed by atoms with Crippen LogP contribution in [0.15, 0.2) is 18.2 Å². The normalized spacial score (nSPS) is 16.1. The minimum absolute atomic E-state index is 0.540. The molecule has 0 aliphatic carbocycles. The topological polar surface area (TPSA) is 38.8 Å². The maximum Gasteiger partial charge on any atom is 0.153 e. The standard InChI is InChI=1S/C15H21NO3/c1-18-14-5-6-15(13(11-14)12-17)19-10-9-16-7-3-2-4-8-16/h5-6,11-12H,2-4,7-10H2,1H3. The highest BCUT2D eigenvalue weighted by atomic mass is 16.5. The van der Waals surface area contributed by atoms with Crippen molar-refractivity contribution in [3.05, 3.63) is 23.8 Å². The molecule has 19 heavy (non-hydrogen) atoms. The lowest BCUT2D eigenvalue weighted by Gasteiger charge is -2.26. The number of rotatable bonds is 6. The molecule has 1 saturated heterocycles. The smallest absolute Gasteiger partial charge is 0.153 e. The van der Waals surface area contributed by atoms with E-state index in [2.05, 4.69) is 4.90 Å². The molecule has 0 saturated carbocycles. The Labute approximate surface area is 114 Å². The summed E-state index contributed by atoms with van der Waals surface area (Å²) in [4.78, 5) is 13.4. The Balaban J connectivity index is 1.86. The fourth-order valence-corrected chi connectivity index (χ4v) is 2.34. The van der Waals surface area contributed by atoms with Gasteiger partial charge in [0.25, 0.3) is 0 Å². The minimum Gasteiger partial charge on any atom is -0.497 e. The number of nitrogens with zero attached hydrogens (tertiary/aromatic N) is 1. The SMILES string of the molecule is COc1ccc(OCCN2CCCCC2)c(C=O)c1. The molecule has 1 fully saturated rings. The van der Waals surface area contributed by atoms with Crippen molar-refractivity contribution >= 4 is 6.29 Å². The molecular weight excluding hydrogens is 242 g/mol. The molecule has 0 spiro atoms. The van der Waals surface area contributed by atoms with Crippen LogP contribution in [-0.2, 0) is 0 Å². The predicted octanol–water partition coefficient (Wildman–Crippen LogP) is 2.37. The van der Waals surface area contributed by atoms with E-state index in [0.29, 0.717) is 23.7 Å². The quantitative estimate of drug-likeness (QED) is 0.739. The van der Waals surface area contributed by atoms with Crippen molar-refractivity contribution in [3.63, 3.8) is 0 Å². The highest BCUT2D eigenvalue weighted by Gasteiger charge is 2.10. The van der Waals surface area contributed by atoms with Gasteiger partial charge < -0.3 is 9.47 Å². The number of methoxy groups -OCH3 is 1. The van der Waals surface area contributed by atoms with E-state index >= 15 is 0 Å². The highest BCUT2D eigenvalue weighted by Crippen LogP contribution is 2.22. The zero-order chi connectivity index (χ0) is 13.5. The van der Waals surface area contributed by atoms with Gasteiger partial charge in [-0.1, -0.05) is 6.42 Å². The van der Waals surface area contributed by atoms with Crippen LogP contribution in [0.1, 0.15) is 29.6 Å². The Morgan fingerprint density at radius 1 is 1.26 bits per heavy atom. The number of ether oxygens (including phenoxy) is 2. The van der Waals surface area contributed by atoms with E-state index in [4.69, 9.17) is 9.47 Å². The molecule has 1 aromatic carbocycles. The summed E-state index contributed by atoms with van der Waals surface area (Å²) < 4.78 is 10.8. The maximum atomic E-state index is 11.0. The van der Waals surface area contributed by atoms with Gasteiger partial charge in [0.15, 0.2) is 6.29 Å². The minimum atomic E-state index is 0.540. The van der Waals surface area contributed by atoms with Gasteiger partial charge >= 0.3 is 0 Å². The van der Waals surface area contributed by atoms with Gasteiger partial charge in [-0.2, -0.15) is 0 Å². The number of hydrogen-bond donors (Lipinski definition) is 0. The highest BCUT2D eigenvalue weighted by molar-refractivity contribution is 5.80. The second-order valence-corrected chi connectivity index (χ2v) is 4.77. The first-order valence-electron chi connectivity index (χ1n) is 6.82. The molecule has 1 aliphatic rings. The average molecular weight is 263 g/mol. The zero-order valence-electron chi connectivity index (χ0n) is 11.4. The van der Waals surface area contributed by atoms with Crippen LogP contribution in [0, 0.1) is 0 Å². The van der Waals surface area contributed by atoms with Crippen LogP contribution >= 0.6 is 0 Å². The zero-order valence-corrected chi connectivity index (χ0v) is 11.4. The molecule has 1 aliphatic heterocycles. The van der Waals surface area contributed by atoms with E-state index < -0.39 is 0 Å². The number of carbonyl (C=O) groups is 1. The van der Waals surface area contributed by atoms with E-state index in [1.54, 1.807) is 19.2 Å². The summed E-state index contributed by atoms with van der Waals surface area (Å²) >= 11 is 0. The number of aldehydes is 1. The molecule has 1 heterocycles. The van der Waals surface area contributed by atoms with Crippen LogP contribution in [0.5, 0.6) is 11.5 Å². The number of hydrogen-bond acceptors (Lipinski definition) is 4. The summed E-state index contributed by atoms with van der Waals surface area (Å²) in [5.41, 5.74) is 0.540. The van der Waals surface area contributed by atoms with Gasteiger partial charge in [0.2, 0.25) is 0 Å². The van der Waals surface area contributed by atoms with E-state index in [1.165, 1.54) is 19.3 Å². The number of likely N-dealkylation sites (tertiary alicyclic amines) is 1. The molecule has 0 atom stereocenters. The lowest BCUT2D eigenvalue weighted by atomic mass is 10.1. The summed E-state index contributed by atoms with van der Waals surface area (Å²) in [7, 11) is 1.58. The largest absolute Gasteiger partial charge is 0.497 e. The van der Waals surface area contributed by atoms with Crippen molar-refractivity contribution in [2.45, 2.75) is 19.3 Å². The molecule has 0 aromatic heterocycles. The molecule has 0 unspecified atom stereocenters. The average Bonchev–Trinajstić information content (AvgIpc) is 2.48. The van der Waals surface area contributed by atoms with Gasteiger partial charge in [0.1, 0.15) is 18.1 Å². The van der Waals surface area contributed by atoms with E-state index in [9.17, 15) is 4.79 Å². The fraction of sp³-hybridized carbons (Fsp3) is 0.533.